The number of carboxylic acids is 1. The molecule has 0 rings (SSSR count). The summed E-state index contributed by atoms with van der Waals surface area (Å²) in [7, 11) is 1.42. The minimum Gasteiger partial charge on any atom is -0.481 e. The number of carbonyl (C=O) groups is 3. The summed E-state index contributed by atoms with van der Waals surface area (Å²) >= 11 is 0. The molecule has 12 heavy (non-hydrogen) atoms. The first-order valence-electron chi connectivity index (χ1n) is 3.25. The van der Waals surface area contributed by atoms with Crippen LogP contribution in [0.2, 0.25) is 0 Å². The van der Waals surface area contributed by atoms with Crippen LogP contribution >= 0.6 is 0 Å². The normalized spacial score (nSPS) is 8.75. The largest absolute Gasteiger partial charge is 0.481 e. The van der Waals surface area contributed by atoms with Crippen LogP contribution in [0.3, 0.4) is 0 Å². The second-order valence-corrected chi connectivity index (χ2v) is 2.02. The van der Waals surface area contributed by atoms with E-state index in [1.807, 2.05) is 0 Å². The van der Waals surface area contributed by atoms with Crippen molar-refractivity contribution in [3.05, 3.63) is 0 Å². The minimum absolute atomic E-state index is 0.192. The van der Waals surface area contributed by atoms with Crippen molar-refractivity contribution >= 4 is 17.8 Å². The molecule has 0 fully saturated rings. The van der Waals surface area contributed by atoms with Gasteiger partial charge in [-0.3, -0.25) is 14.4 Å². The van der Waals surface area contributed by atoms with Crippen molar-refractivity contribution in [1.82, 2.24) is 10.6 Å². The van der Waals surface area contributed by atoms with Gasteiger partial charge < -0.3 is 15.7 Å². The quantitative estimate of drug-likeness (QED) is 0.444. The molecule has 0 spiro atoms. The summed E-state index contributed by atoms with van der Waals surface area (Å²) in [6.07, 6.45) is -0.614. The van der Waals surface area contributed by atoms with E-state index in [1.165, 1.54) is 7.05 Å². The second-order valence-electron chi connectivity index (χ2n) is 2.02. The molecule has 2 amide bonds. The van der Waals surface area contributed by atoms with Crippen LogP contribution in [-0.4, -0.2) is 36.5 Å². The van der Waals surface area contributed by atoms with Gasteiger partial charge in [0, 0.05) is 7.05 Å². The first-order chi connectivity index (χ1) is 5.56. The molecule has 0 saturated carbocycles. The van der Waals surface area contributed by atoms with Crippen LogP contribution in [0.1, 0.15) is 6.42 Å². The summed E-state index contributed by atoms with van der Waals surface area (Å²) in [5.74, 6) is -2.26. The average Bonchev–Trinajstić information content (AvgIpc) is 1.99. The molecule has 68 valence electrons. The van der Waals surface area contributed by atoms with Crippen LogP contribution in [0.15, 0.2) is 0 Å². The van der Waals surface area contributed by atoms with Gasteiger partial charge in [0.2, 0.25) is 11.8 Å². The molecule has 0 bridgehead atoms. The van der Waals surface area contributed by atoms with E-state index >= 15 is 0 Å². The van der Waals surface area contributed by atoms with Gasteiger partial charge in [-0.2, -0.15) is 0 Å². The minimum atomic E-state index is -1.22. The molecule has 0 unspecified atom stereocenters. The van der Waals surface area contributed by atoms with E-state index < -0.39 is 18.3 Å². The Balaban J connectivity index is 3.57. The van der Waals surface area contributed by atoms with Gasteiger partial charge in [0.1, 0.15) is 6.42 Å². The molecule has 0 heterocycles. The molecule has 0 radical (unpaired) electrons. The molecular weight excluding hydrogens is 164 g/mol. The van der Waals surface area contributed by atoms with Crippen LogP contribution in [0.5, 0.6) is 0 Å². The number of nitrogens with one attached hydrogen (secondary N) is 2. The zero-order valence-electron chi connectivity index (χ0n) is 6.59. The van der Waals surface area contributed by atoms with Crippen molar-refractivity contribution in [2.75, 3.05) is 13.6 Å². The van der Waals surface area contributed by atoms with Crippen molar-refractivity contribution < 1.29 is 19.5 Å². The fraction of sp³-hybridized carbons (Fsp3) is 0.500. The van der Waals surface area contributed by atoms with Gasteiger partial charge in [-0.1, -0.05) is 0 Å². The number of amides is 2. The van der Waals surface area contributed by atoms with E-state index in [0.29, 0.717) is 0 Å². The lowest BCUT2D eigenvalue weighted by atomic mass is 10.4. The molecule has 6 nitrogen and oxygen atoms in total. The van der Waals surface area contributed by atoms with Gasteiger partial charge in [-0.15, -0.1) is 0 Å². The smallest absolute Gasteiger partial charge is 0.312 e. The monoisotopic (exact) mass is 174 g/mol. The fourth-order valence-electron chi connectivity index (χ4n) is 0.467. The van der Waals surface area contributed by atoms with Gasteiger partial charge in [-0.25, -0.2) is 0 Å². The molecule has 0 saturated heterocycles. The Bertz CT molecular complexity index is 202. The summed E-state index contributed by atoms with van der Waals surface area (Å²) in [5.41, 5.74) is 0. The lowest BCUT2D eigenvalue weighted by Gasteiger charge is -2.00. The van der Waals surface area contributed by atoms with E-state index in [-0.39, 0.29) is 12.5 Å². The summed E-state index contributed by atoms with van der Waals surface area (Å²) in [6.45, 7) is -0.192. The molecule has 0 aromatic heterocycles. The Morgan fingerprint density at radius 2 is 1.83 bits per heavy atom. The summed E-state index contributed by atoms with van der Waals surface area (Å²) in [6, 6.07) is 0. The van der Waals surface area contributed by atoms with E-state index in [1.54, 1.807) is 0 Å². The number of rotatable bonds is 4. The number of likely N-dealkylation sites (N-methyl/N-ethyl adjacent to an activating group) is 1. The maximum atomic E-state index is 10.6. The third-order valence-corrected chi connectivity index (χ3v) is 1.04. The Kier molecular flexibility index (Phi) is 4.43. The van der Waals surface area contributed by atoms with Gasteiger partial charge in [0.15, 0.2) is 0 Å². The lowest BCUT2D eigenvalue weighted by Crippen LogP contribution is -2.35. The Hall–Kier alpha value is -1.59. The zero-order valence-corrected chi connectivity index (χ0v) is 6.59. The first kappa shape index (κ1) is 10.4. The molecule has 6 heteroatoms. The van der Waals surface area contributed by atoms with E-state index in [9.17, 15) is 14.4 Å². The van der Waals surface area contributed by atoms with E-state index in [2.05, 4.69) is 10.6 Å². The number of carbonyl (C=O) groups excluding carboxylic acids is 2. The van der Waals surface area contributed by atoms with Crippen molar-refractivity contribution in [2.45, 2.75) is 6.42 Å². The molecule has 0 aromatic rings. The highest BCUT2D eigenvalue weighted by Crippen LogP contribution is 1.77. The molecule has 3 N–H and O–H groups in total. The standard InChI is InChI=1S/C6H10N2O4/c1-7-5(10)3-8-4(9)2-6(11)12/h2-3H2,1H3,(H,7,10)(H,8,9)(H,11,12). The molecule has 0 aromatic carbocycles. The molecule has 0 aliphatic rings. The van der Waals surface area contributed by atoms with E-state index in [4.69, 9.17) is 5.11 Å². The van der Waals surface area contributed by atoms with Crippen LogP contribution in [0.4, 0.5) is 0 Å². The van der Waals surface area contributed by atoms with Crippen LogP contribution in [0.25, 0.3) is 0 Å². The number of carboxylic acid groups (broad SMARTS) is 1. The molecule has 0 aliphatic carbocycles. The third kappa shape index (κ3) is 5.21. The van der Waals surface area contributed by atoms with Gasteiger partial charge >= 0.3 is 5.97 Å². The van der Waals surface area contributed by atoms with Crippen LogP contribution in [-0.2, 0) is 14.4 Å². The Morgan fingerprint density at radius 1 is 1.25 bits per heavy atom. The second kappa shape index (κ2) is 5.11. The topological polar surface area (TPSA) is 95.5 Å². The third-order valence-electron chi connectivity index (χ3n) is 1.04. The SMILES string of the molecule is CNC(=O)CNC(=O)CC(=O)O. The van der Waals surface area contributed by atoms with E-state index in [0.717, 1.165) is 0 Å². The predicted molar refractivity (Wildman–Crippen MR) is 39.3 cm³/mol. The number of hydrogen-bond acceptors (Lipinski definition) is 3. The fourth-order valence-corrected chi connectivity index (χ4v) is 0.467. The van der Waals surface area contributed by atoms with Crippen molar-refractivity contribution in [1.29, 1.82) is 0 Å². The predicted octanol–water partition coefficient (Wildman–Crippen LogP) is -1.68. The van der Waals surface area contributed by atoms with Crippen molar-refractivity contribution in [2.24, 2.45) is 0 Å². The van der Waals surface area contributed by atoms with Crippen LogP contribution < -0.4 is 10.6 Å². The Labute approximate surface area is 68.9 Å². The number of aliphatic carboxylic acids is 1. The molecule has 0 atom stereocenters. The maximum absolute atomic E-state index is 10.6. The highest BCUT2D eigenvalue weighted by molar-refractivity contribution is 5.95. The van der Waals surface area contributed by atoms with Gasteiger partial charge in [-0.05, 0) is 0 Å². The summed E-state index contributed by atoms with van der Waals surface area (Å²) in [5, 5.41) is 12.6. The summed E-state index contributed by atoms with van der Waals surface area (Å²) < 4.78 is 0. The highest BCUT2D eigenvalue weighted by Gasteiger charge is 2.07. The van der Waals surface area contributed by atoms with Gasteiger partial charge in [0.25, 0.3) is 0 Å². The van der Waals surface area contributed by atoms with Crippen LogP contribution in [0, 0.1) is 0 Å². The molecular formula is C6H10N2O4. The summed E-state index contributed by atoms with van der Waals surface area (Å²) in [4.78, 5) is 31.1. The van der Waals surface area contributed by atoms with Crippen molar-refractivity contribution in [3.63, 3.8) is 0 Å². The van der Waals surface area contributed by atoms with Gasteiger partial charge in [0.05, 0.1) is 6.54 Å². The maximum Gasteiger partial charge on any atom is 0.312 e. The first-order valence-corrected chi connectivity index (χ1v) is 3.25. The molecule has 0 aliphatic heterocycles. The number of hydrogen-bond donors (Lipinski definition) is 3. The highest BCUT2D eigenvalue weighted by atomic mass is 16.4. The average molecular weight is 174 g/mol. The lowest BCUT2D eigenvalue weighted by molar-refractivity contribution is -0.141. The zero-order chi connectivity index (χ0) is 9.56. The Morgan fingerprint density at radius 3 is 2.25 bits per heavy atom. The van der Waals surface area contributed by atoms with Crippen molar-refractivity contribution in [3.8, 4) is 0 Å².